The molecule has 4 rings (SSSR count). The molecule has 3 aromatic rings. The zero-order valence-corrected chi connectivity index (χ0v) is 21.3. The number of carbonyl (C=O) groups is 2. The summed E-state index contributed by atoms with van der Waals surface area (Å²) in [4.78, 5) is 28.0. The number of ketones is 1. The van der Waals surface area contributed by atoms with E-state index in [4.69, 9.17) is 27.9 Å². The van der Waals surface area contributed by atoms with Crippen LogP contribution in [0.1, 0.15) is 42.1 Å². The van der Waals surface area contributed by atoms with Gasteiger partial charge in [0.15, 0.2) is 0 Å². The third-order valence-electron chi connectivity index (χ3n) is 5.92. The largest absolute Gasteiger partial charge is 0.507 e. The molecule has 0 saturated carbocycles. The summed E-state index contributed by atoms with van der Waals surface area (Å²) >= 11 is 12.3. The van der Waals surface area contributed by atoms with Crippen LogP contribution in [0.15, 0.2) is 66.2 Å². The SMILES string of the molecule is Cc1cc(/C(O)=C2\C(=O)C(=O)N(c3ccc(Cl)c(Cl)c3)C2c2ccccc2C)ccc1OC(C)C. The topological polar surface area (TPSA) is 66.8 Å². The molecule has 0 radical (unpaired) electrons. The van der Waals surface area contributed by atoms with Crippen LogP contribution in [0.25, 0.3) is 5.76 Å². The lowest BCUT2D eigenvalue weighted by Gasteiger charge is -2.27. The molecule has 1 unspecified atom stereocenters. The second kappa shape index (κ2) is 9.76. The first-order valence-corrected chi connectivity index (χ1v) is 11.9. The van der Waals surface area contributed by atoms with Gasteiger partial charge in [-0.1, -0.05) is 47.5 Å². The van der Waals surface area contributed by atoms with Crippen molar-refractivity contribution in [2.75, 3.05) is 4.90 Å². The molecule has 1 heterocycles. The van der Waals surface area contributed by atoms with Crippen molar-refractivity contribution in [1.82, 2.24) is 0 Å². The van der Waals surface area contributed by atoms with Crippen molar-refractivity contribution >= 4 is 46.3 Å². The molecule has 1 saturated heterocycles. The van der Waals surface area contributed by atoms with Crippen LogP contribution in [0.3, 0.4) is 0 Å². The number of halogens is 2. The number of anilines is 1. The van der Waals surface area contributed by atoms with Gasteiger partial charge in [-0.05, 0) is 80.8 Å². The molecular formula is C28H25Cl2NO4. The van der Waals surface area contributed by atoms with Gasteiger partial charge in [-0.3, -0.25) is 14.5 Å². The molecule has 0 aromatic heterocycles. The Morgan fingerprint density at radius 3 is 2.29 bits per heavy atom. The van der Waals surface area contributed by atoms with Crippen molar-refractivity contribution in [3.63, 3.8) is 0 Å². The van der Waals surface area contributed by atoms with Gasteiger partial charge in [-0.25, -0.2) is 0 Å². The number of Topliss-reactive ketones (excluding diaryl/α,β-unsaturated/α-hetero) is 1. The summed E-state index contributed by atoms with van der Waals surface area (Å²) in [6.45, 7) is 7.62. The predicted octanol–water partition coefficient (Wildman–Crippen LogP) is 7.02. The fraction of sp³-hybridized carbons (Fsp3) is 0.214. The summed E-state index contributed by atoms with van der Waals surface area (Å²) in [6.07, 6.45) is -0.00859. The second-order valence-corrected chi connectivity index (χ2v) is 9.59. The molecule has 5 nitrogen and oxygen atoms in total. The van der Waals surface area contributed by atoms with Crippen LogP contribution in [-0.4, -0.2) is 22.9 Å². The highest BCUT2D eigenvalue weighted by Gasteiger charge is 2.47. The molecule has 1 amide bonds. The Morgan fingerprint density at radius 2 is 1.66 bits per heavy atom. The van der Waals surface area contributed by atoms with Crippen molar-refractivity contribution < 1.29 is 19.4 Å². The molecule has 1 atom stereocenters. The van der Waals surface area contributed by atoms with E-state index >= 15 is 0 Å². The van der Waals surface area contributed by atoms with Crippen molar-refractivity contribution in [1.29, 1.82) is 0 Å². The number of carbonyl (C=O) groups excluding carboxylic acids is 2. The fourth-order valence-corrected chi connectivity index (χ4v) is 4.55. The van der Waals surface area contributed by atoms with E-state index in [1.807, 2.05) is 52.0 Å². The quantitative estimate of drug-likeness (QED) is 0.228. The molecule has 0 spiro atoms. The molecule has 1 aliphatic rings. The van der Waals surface area contributed by atoms with E-state index in [-0.39, 0.29) is 22.5 Å². The van der Waals surface area contributed by atoms with Crippen LogP contribution in [0.2, 0.25) is 10.0 Å². The van der Waals surface area contributed by atoms with Gasteiger partial charge in [0.2, 0.25) is 0 Å². The molecule has 35 heavy (non-hydrogen) atoms. The fourth-order valence-electron chi connectivity index (χ4n) is 4.26. The first-order valence-electron chi connectivity index (χ1n) is 11.2. The van der Waals surface area contributed by atoms with Gasteiger partial charge in [0, 0.05) is 11.3 Å². The van der Waals surface area contributed by atoms with Crippen molar-refractivity contribution in [2.45, 2.75) is 39.8 Å². The van der Waals surface area contributed by atoms with Gasteiger partial charge in [-0.2, -0.15) is 0 Å². The molecule has 0 aliphatic carbocycles. The Kier molecular flexibility index (Phi) is 6.93. The monoisotopic (exact) mass is 509 g/mol. The van der Waals surface area contributed by atoms with Gasteiger partial charge < -0.3 is 9.84 Å². The third kappa shape index (κ3) is 4.66. The maximum absolute atomic E-state index is 13.4. The molecule has 1 N–H and O–H groups in total. The van der Waals surface area contributed by atoms with E-state index in [0.29, 0.717) is 22.0 Å². The van der Waals surface area contributed by atoms with Crippen LogP contribution in [0, 0.1) is 13.8 Å². The summed E-state index contributed by atoms with van der Waals surface area (Å²) in [5.41, 5.74) is 3.22. The molecule has 180 valence electrons. The van der Waals surface area contributed by atoms with E-state index < -0.39 is 17.7 Å². The van der Waals surface area contributed by atoms with E-state index in [0.717, 1.165) is 16.7 Å². The summed E-state index contributed by atoms with van der Waals surface area (Å²) in [5, 5.41) is 12.0. The Bertz CT molecular complexity index is 1360. The first kappa shape index (κ1) is 24.8. The summed E-state index contributed by atoms with van der Waals surface area (Å²) in [7, 11) is 0. The van der Waals surface area contributed by atoms with Crippen molar-refractivity contribution in [3.8, 4) is 5.75 Å². The number of ether oxygens (including phenoxy) is 1. The molecule has 0 bridgehead atoms. The van der Waals surface area contributed by atoms with E-state index in [2.05, 4.69) is 0 Å². The summed E-state index contributed by atoms with van der Waals surface area (Å²) in [5.74, 6) is -1.10. The number of rotatable bonds is 5. The lowest BCUT2D eigenvalue weighted by atomic mass is 9.92. The molecule has 1 fully saturated rings. The number of aliphatic hydroxyl groups excluding tert-OH is 1. The number of hydrogen-bond acceptors (Lipinski definition) is 4. The van der Waals surface area contributed by atoms with Crippen LogP contribution in [-0.2, 0) is 9.59 Å². The number of amides is 1. The average Bonchev–Trinajstić information content (AvgIpc) is 3.07. The standard InChI is InChI=1S/C28H25Cl2NO4/c1-15(2)35-23-12-9-18(13-17(23)4)26(32)24-25(20-8-6-5-7-16(20)3)31(28(34)27(24)33)19-10-11-21(29)22(30)14-19/h5-15,25,32H,1-4H3/b26-24+. The van der Waals surface area contributed by atoms with Gasteiger partial charge in [0.25, 0.3) is 11.7 Å². The van der Waals surface area contributed by atoms with E-state index in [9.17, 15) is 14.7 Å². The molecular weight excluding hydrogens is 485 g/mol. The summed E-state index contributed by atoms with van der Waals surface area (Å²) in [6, 6.07) is 16.5. The maximum Gasteiger partial charge on any atom is 0.300 e. The Morgan fingerprint density at radius 1 is 0.943 bits per heavy atom. The highest BCUT2D eigenvalue weighted by atomic mass is 35.5. The minimum Gasteiger partial charge on any atom is -0.507 e. The normalized spacial score (nSPS) is 17.3. The third-order valence-corrected chi connectivity index (χ3v) is 6.66. The lowest BCUT2D eigenvalue weighted by molar-refractivity contribution is -0.132. The lowest BCUT2D eigenvalue weighted by Crippen LogP contribution is -2.29. The predicted molar refractivity (Wildman–Crippen MR) is 139 cm³/mol. The highest BCUT2D eigenvalue weighted by molar-refractivity contribution is 6.52. The van der Waals surface area contributed by atoms with Crippen molar-refractivity contribution in [3.05, 3.63) is 98.5 Å². The Hall–Kier alpha value is -3.28. The molecule has 3 aromatic carbocycles. The zero-order chi connectivity index (χ0) is 25.4. The highest BCUT2D eigenvalue weighted by Crippen LogP contribution is 2.44. The molecule has 7 heteroatoms. The minimum absolute atomic E-state index is 0.00676. The van der Waals surface area contributed by atoms with E-state index in [1.165, 1.54) is 4.90 Å². The Labute approximate surface area is 214 Å². The van der Waals surface area contributed by atoms with Gasteiger partial charge in [-0.15, -0.1) is 0 Å². The van der Waals surface area contributed by atoms with E-state index in [1.54, 1.807) is 36.4 Å². The average molecular weight is 510 g/mol. The van der Waals surface area contributed by atoms with Crippen LogP contribution in [0.4, 0.5) is 5.69 Å². The maximum atomic E-state index is 13.4. The van der Waals surface area contributed by atoms with Gasteiger partial charge >= 0.3 is 0 Å². The van der Waals surface area contributed by atoms with Crippen LogP contribution < -0.4 is 9.64 Å². The van der Waals surface area contributed by atoms with Gasteiger partial charge in [0.05, 0.1) is 27.8 Å². The first-order chi connectivity index (χ1) is 16.6. The number of nitrogens with zero attached hydrogens (tertiary/aromatic N) is 1. The number of hydrogen-bond donors (Lipinski definition) is 1. The minimum atomic E-state index is -0.847. The second-order valence-electron chi connectivity index (χ2n) is 8.77. The van der Waals surface area contributed by atoms with Gasteiger partial charge in [0.1, 0.15) is 11.5 Å². The smallest absolute Gasteiger partial charge is 0.300 e. The van der Waals surface area contributed by atoms with Crippen LogP contribution >= 0.6 is 23.2 Å². The summed E-state index contributed by atoms with van der Waals surface area (Å²) < 4.78 is 5.80. The number of aliphatic hydroxyl groups is 1. The zero-order valence-electron chi connectivity index (χ0n) is 19.8. The molecule has 1 aliphatic heterocycles. The number of benzene rings is 3. The number of aryl methyl sites for hydroxylation is 2. The Balaban J connectivity index is 1.92. The van der Waals surface area contributed by atoms with Crippen LogP contribution in [0.5, 0.6) is 5.75 Å². The van der Waals surface area contributed by atoms with Crippen molar-refractivity contribution in [2.24, 2.45) is 0 Å².